The fraction of sp³-hybridized carbons (Fsp3) is 0.562. The number of hydrogen-bond acceptors (Lipinski definition) is 5. The molecule has 0 unspecified atom stereocenters. The van der Waals surface area contributed by atoms with Gasteiger partial charge in [0.15, 0.2) is 5.82 Å². The molecule has 1 saturated carbocycles. The number of carbonyl (C=O) groups is 1. The molecule has 0 amide bonds. The maximum Gasteiger partial charge on any atom is 0.312 e. The van der Waals surface area contributed by atoms with E-state index >= 15 is 0 Å². The minimum atomic E-state index is -0.667. The van der Waals surface area contributed by atoms with Crippen molar-refractivity contribution >= 4 is 33.2 Å². The third kappa shape index (κ3) is 2.08. The second-order valence-electron chi connectivity index (χ2n) is 7.05. The first-order valence-electron chi connectivity index (χ1n) is 7.71. The average Bonchev–Trinajstić information content (AvgIpc) is 2.99. The summed E-state index contributed by atoms with van der Waals surface area (Å²) in [7, 11) is 1.39. The van der Waals surface area contributed by atoms with Crippen molar-refractivity contribution in [2.24, 2.45) is 10.8 Å². The topological polar surface area (TPSA) is 82.5 Å². The third-order valence-electron chi connectivity index (χ3n) is 5.80. The number of hydrogen-bond donors (Lipinski definition) is 1. The lowest BCUT2D eigenvalue weighted by molar-refractivity contribution is -0.157. The van der Waals surface area contributed by atoms with Crippen molar-refractivity contribution in [3.63, 3.8) is 0 Å². The molecule has 3 rings (SSSR count). The van der Waals surface area contributed by atoms with Crippen LogP contribution in [0.3, 0.4) is 0 Å². The molecule has 2 aromatic heterocycles. The van der Waals surface area contributed by atoms with Gasteiger partial charge in [0.2, 0.25) is 5.95 Å². The predicted molar refractivity (Wildman–Crippen MR) is 90.9 cm³/mol. The summed E-state index contributed by atoms with van der Waals surface area (Å²) in [5, 5.41) is 0. The van der Waals surface area contributed by atoms with Gasteiger partial charge in [-0.3, -0.25) is 9.20 Å². The summed E-state index contributed by atoms with van der Waals surface area (Å²) in [5.41, 5.74) is 5.16. The molecule has 6 nitrogen and oxygen atoms in total. The predicted octanol–water partition coefficient (Wildman–Crippen LogP) is 3.30. The normalized spacial score (nSPS) is 26.0. The molecule has 0 radical (unpaired) electrons. The van der Waals surface area contributed by atoms with Crippen molar-refractivity contribution in [2.45, 2.75) is 39.5 Å². The number of ether oxygens (including phenoxy) is 1. The zero-order valence-corrected chi connectivity index (χ0v) is 15.6. The van der Waals surface area contributed by atoms with Gasteiger partial charge in [0, 0.05) is 5.92 Å². The summed E-state index contributed by atoms with van der Waals surface area (Å²) in [6, 6.07) is 0. The minimum absolute atomic E-state index is 0.128. The molecule has 1 fully saturated rings. The number of methoxy groups -OCH3 is 1. The van der Waals surface area contributed by atoms with Crippen molar-refractivity contribution in [2.75, 3.05) is 12.8 Å². The van der Waals surface area contributed by atoms with Gasteiger partial charge in [-0.2, -0.15) is 4.39 Å². The Hall–Kier alpha value is -1.70. The Morgan fingerprint density at radius 2 is 2.17 bits per heavy atom. The van der Waals surface area contributed by atoms with Crippen LogP contribution in [0, 0.1) is 16.8 Å². The Morgan fingerprint density at radius 3 is 2.79 bits per heavy atom. The number of nitrogens with zero attached hydrogens (tertiary/aromatic N) is 3. The van der Waals surface area contributed by atoms with E-state index in [1.54, 1.807) is 0 Å². The van der Waals surface area contributed by atoms with E-state index in [1.807, 2.05) is 20.8 Å². The number of fused-ring (bicyclic) bond motifs is 1. The number of rotatable bonds is 2. The smallest absolute Gasteiger partial charge is 0.312 e. The summed E-state index contributed by atoms with van der Waals surface area (Å²) < 4.78 is 21.3. The highest BCUT2D eigenvalue weighted by Gasteiger charge is 2.58. The van der Waals surface area contributed by atoms with Gasteiger partial charge in [-0.1, -0.05) is 13.8 Å². The molecule has 1 aliphatic rings. The zero-order valence-electron chi connectivity index (χ0n) is 14.1. The molecule has 1 aliphatic carbocycles. The summed E-state index contributed by atoms with van der Waals surface area (Å²) in [6.45, 7) is 5.90. The van der Waals surface area contributed by atoms with Gasteiger partial charge in [0.05, 0.1) is 18.7 Å². The number of nitrogen functional groups attached to an aromatic ring is 1. The van der Waals surface area contributed by atoms with Gasteiger partial charge in [0.25, 0.3) is 0 Å². The molecule has 2 heterocycles. The van der Waals surface area contributed by atoms with Crippen LogP contribution in [0.1, 0.15) is 45.4 Å². The van der Waals surface area contributed by atoms with Crippen molar-refractivity contribution in [1.29, 1.82) is 0 Å². The van der Waals surface area contributed by atoms with E-state index in [4.69, 9.17) is 10.5 Å². The fourth-order valence-corrected chi connectivity index (χ4v) is 4.43. The van der Waals surface area contributed by atoms with Crippen LogP contribution in [-0.4, -0.2) is 27.4 Å². The highest BCUT2D eigenvalue weighted by atomic mass is 79.9. The van der Waals surface area contributed by atoms with Crippen LogP contribution >= 0.6 is 15.9 Å². The molecule has 2 atom stereocenters. The Balaban J connectivity index is 2.20. The molecular formula is C16H20BrFN4O2. The minimum Gasteiger partial charge on any atom is -0.469 e. The van der Waals surface area contributed by atoms with E-state index in [0.717, 1.165) is 6.20 Å². The van der Waals surface area contributed by atoms with Crippen LogP contribution in [0.4, 0.5) is 10.2 Å². The van der Waals surface area contributed by atoms with Crippen LogP contribution < -0.4 is 5.73 Å². The lowest BCUT2D eigenvalue weighted by Gasteiger charge is -2.38. The van der Waals surface area contributed by atoms with Crippen LogP contribution in [0.15, 0.2) is 10.8 Å². The number of aromatic nitrogens is 3. The quantitative estimate of drug-likeness (QED) is 0.784. The molecule has 0 aliphatic heterocycles. The monoisotopic (exact) mass is 398 g/mol. The summed E-state index contributed by atoms with van der Waals surface area (Å²) in [5.74, 6) is -0.169. The fourth-order valence-electron chi connectivity index (χ4n) is 3.87. The number of halogens is 2. The van der Waals surface area contributed by atoms with Gasteiger partial charge in [0.1, 0.15) is 15.9 Å². The van der Waals surface area contributed by atoms with E-state index in [1.165, 1.54) is 11.5 Å². The lowest BCUT2D eigenvalue weighted by atomic mass is 9.65. The molecule has 0 saturated heterocycles. The van der Waals surface area contributed by atoms with Crippen molar-refractivity contribution < 1.29 is 13.9 Å². The highest BCUT2D eigenvalue weighted by molar-refractivity contribution is 9.10. The van der Waals surface area contributed by atoms with Crippen LogP contribution in [0.25, 0.3) is 5.52 Å². The van der Waals surface area contributed by atoms with E-state index in [2.05, 4.69) is 25.9 Å². The largest absolute Gasteiger partial charge is 0.469 e. The number of nitrogens with two attached hydrogens (primary N) is 1. The molecular weight excluding hydrogens is 379 g/mol. The van der Waals surface area contributed by atoms with Crippen molar-refractivity contribution in [3.8, 4) is 0 Å². The number of esters is 1. The second-order valence-corrected chi connectivity index (χ2v) is 7.80. The molecule has 2 N–H and O–H groups in total. The SMILES string of the molecule is COC(=O)[C@]1(C)CC[C@@H](c2nc(Br)c3c(N)ncc(F)n23)C1(C)C. The molecule has 2 aromatic rings. The Morgan fingerprint density at radius 1 is 1.50 bits per heavy atom. The van der Waals surface area contributed by atoms with E-state index in [0.29, 0.717) is 28.8 Å². The first-order chi connectivity index (χ1) is 11.1. The van der Waals surface area contributed by atoms with Crippen molar-refractivity contribution in [1.82, 2.24) is 14.4 Å². The van der Waals surface area contributed by atoms with Gasteiger partial charge in [-0.05, 0) is 41.1 Å². The Labute approximate surface area is 147 Å². The third-order valence-corrected chi connectivity index (χ3v) is 6.35. The maximum absolute atomic E-state index is 14.5. The van der Waals surface area contributed by atoms with Gasteiger partial charge < -0.3 is 10.5 Å². The van der Waals surface area contributed by atoms with E-state index in [9.17, 15) is 9.18 Å². The average molecular weight is 399 g/mol. The van der Waals surface area contributed by atoms with Crippen LogP contribution in [0.2, 0.25) is 0 Å². The van der Waals surface area contributed by atoms with Gasteiger partial charge in [-0.25, -0.2) is 9.97 Å². The van der Waals surface area contributed by atoms with Gasteiger partial charge >= 0.3 is 5.97 Å². The second kappa shape index (κ2) is 5.40. The summed E-state index contributed by atoms with van der Waals surface area (Å²) in [6.07, 6.45) is 2.43. The molecule has 130 valence electrons. The van der Waals surface area contributed by atoms with E-state index < -0.39 is 16.8 Å². The number of anilines is 1. The molecule has 0 bridgehead atoms. The molecule has 8 heteroatoms. The first kappa shape index (κ1) is 17.1. The number of imidazole rings is 1. The molecule has 24 heavy (non-hydrogen) atoms. The standard InChI is InChI=1S/C16H20BrFN4O2/c1-15(2)8(5-6-16(15,3)14(23)24-4)13-21-11(17)10-12(19)20-7-9(18)22(10)13/h7-8H,5-6H2,1-4H3,(H2,19,20)/t8-,16-/m0/s1. The highest BCUT2D eigenvalue weighted by Crippen LogP contribution is 2.60. The van der Waals surface area contributed by atoms with Crippen LogP contribution in [0.5, 0.6) is 0 Å². The van der Waals surface area contributed by atoms with E-state index in [-0.39, 0.29) is 17.7 Å². The van der Waals surface area contributed by atoms with Gasteiger partial charge in [-0.15, -0.1) is 0 Å². The maximum atomic E-state index is 14.5. The number of carbonyl (C=O) groups excluding carboxylic acids is 1. The Kier molecular flexibility index (Phi) is 3.86. The Bertz CT molecular complexity index is 835. The summed E-state index contributed by atoms with van der Waals surface area (Å²) in [4.78, 5) is 20.7. The summed E-state index contributed by atoms with van der Waals surface area (Å²) >= 11 is 3.35. The molecule has 0 spiro atoms. The lowest BCUT2D eigenvalue weighted by Crippen LogP contribution is -2.41. The zero-order chi connectivity index (χ0) is 17.9. The van der Waals surface area contributed by atoms with Crippen molar-refractivity contribution in [3.05, 3.63) is 22.6 Å². The molecule has 0 aromatic carbocycles. The van der Waals surface area contributed by atoms with Crippen LogP contribution in [-0.2, 0) is 9.53 Å². The first-order valence-corrected chi connectivity index (χ1v) is 8.50.